The van der Waals surface area contributed by atoms with Crippen molar-refractivity contribution in [3.05, 3.63) is 58.1 Å². The van der Waals surface area contributed by atoms with E-state index < -0.39 is 5.97 Å². The topological polar surface area (TPSA) is 67.9 Å². The number of nitrogens with one attached hydrogen (secondary N) is 1. The number of carbonyl (C=O) groups excluding carboxylic acids is 2. The molecule has 0 bridgehead atoms. The van der Waals surface area contributed by atoms with Crippen LogP contribution in [0.5, 0.6) is 0 Å². The first-order chi connectivity index (χ1) is 12.6. The highest BCUT2D eigenvalue weighted by atomic mass is 79.9. The Kier molecular flexibility index (Phi) is 5.90. The lowest BCUT2D eigenvalue weighted by Gasteiger charge is -2.29. The van der Waals surface area contributed by atoms with E-state index in [1.54, 1.807) is 36.4 Å². The summed E-state index contributed by atoms with van der Waals surface area (Å²) in [6.45, 7) is 2.81. The summed E-state index contributed by atoms with van der Waals surface area (Å²) in [4.78, 5) is 26.8. The Bertz CT molecular complexity index is 802. The van der Waals surface area contributed by atoms with Crippen molar-refractivity contribution in [3.8, 4) is 0 Å². The van der Waals surface area contributed by atoms with E-state index in [0.717, 1.165) is 23.2 Å². The number of nitrogens with zero attached hydrogens (tertiary/aromatic N) is 1. The van der Waals surface area contributed by atoms with Gasteiger partial charge in [-0.1, -0.05) is 15.9 Å². The Morgan fingerprint density at radius 3 is 2.46 bits per heavy atom. The molecule has 0 unspecified atom stereocenters. The van der Waals surface area contributed by atoms with Crippen LogP contribution in [0.25, 0.3) is 0 Å². The first kappa shape index (κ1) is 18.4. The maximum absolute atomic E-state index is 12.5. The predicted molar refractivity (Wildman–Crippen MR) is 103 cm³/mol. The summed E-state index contributed by atoms with van der Waals surface area (Å²) in [7, 11) is 1.32. The van der Waals surface area contributed by atoms with E-state index in [4.69, 9.17) is 9.47 Å². The van der Waals surface area contributed by atoms with Crippen molar-refractivity contribution in [3.63, 3.8) is 0 Å². The molecule has 1 saturated heterocycles. The van der Waals surface area contributed by atoms with Gasteiger partial charge >= 0.3 is 5.97 Å². The molecule has 0 aliphatic carbocycles. The lowest BCUT2D eigenvalue weighted by molar-refractivity contribution is 0.0602. The number of hydrogen-bond donors (Lipinski definition) is 1. The monoisotopic (exact) mass is 418 g/mol. The van der Waals surface area contributed by atoms with Gasteiger partial charge in [-0.25, -0.2) is 4.79 Å². The number of amides is 1. The second-order valence-electron chi connectivity index (χ2n) is 5.78. The minimum atomic E-state index is -0.494. The average molecular weight is 419 g/mol. The Morgan fingerprint density at radius 1 is 1.12 bits per heavy atom. The Morgan fingerprint density at radius 2 is 1.81 bits per heavy atom. The van der Waals surface area contributed by atoms with Crippen LogP contribution in [0.4, 0.5) is 11.4 Å². The molecule has 26 heavy (non-hydrogen) atoms. The first-order valence-electron chi connectivity index (χ1n) is 8.20. The highest BCUT2D eigenvalue weighted by molar-refractivity contribution is 9.10. The number of carbonyl (C=O) groups is 2. The lowest BCUT2D eigenvalue weighted by Crippen LogP contribution is -2.36. The zero-order chi connectivity index (χ0) is 18.5. The van der Waals surface area contributed by atoms with Gasteiger partial charge in [0.25, 0.3) is 5.91 Å². The molecule has 1 N–H and O–H groups in total. The summed E-state index contributed by atoms with van der Waals surface area (Å²) < 4.78 is 11.1. The minimum absolute atomic E-state index is 0.290. The molecule has 1 aliphatic heterocycles. The van der Waals surface area contributed by atoms with Gasteiger partial charge in [-0.05, 0) is 42.5 Å². The molecule has 1 amide bonds. The molecule has 6 nitrogen and oxygen atoms in total. The van der Waals surface area contributed by atoms with Crippen LogP contribution in [0.15, 0.2) is 46.9 Å². The summed E-state index contributed by atoms with van der Waals surface area (Å²) in [5, 5.41) is 2.79. The molecule has 2 aromatic rings. The van der Waals surface area contributed by atoms with E-state index in [0.29, 0.717) is 30.0 Å². The smallest absolute Gasteiger partial charge is 0.340 e. The number of hydrogen-bond acceptors (Lipinski definition) is 5. The molecule has 2 aromatic carbocycles. The fourth-order valence-electron chi connectivity index (χ4n) is 2.73. The standard InChI is InChI=1S/C19H19BrN2O4/c1-25-19(24)16-12-15(22-8-10-26-11-9-22)6-7-17(16)21-18(23)13-2-4-14(20)5-3-13/h2-7,12H,8-11H2,1H3,(H,21,23). The van der Waals surface area contributed by atoms with Gasteiger partial charge < -0.3 is 19.7 Å². The van der Waals surface area contributed by atoms with E-state index in [1.807, 2.05) is 6.07 Å². The van der Waals surface area contributed by atoms with E-state index >= 15 is 0 Å². The SMILES string of the molecule is COC(=O)c1cc(N2CCOCC2)ccc1NC(=O)c1ccc(Br)cc1. The summed E-state index contributed by atoms with van der Waals surface area (Å²) in [5.74, 6) is -0.784. The molecular weight excluding hydrogens is 400 g/mol. The number of anilines is 2. The molecule has 0 saturated carbocycles. The molecule has 1 aliphatic rings. The van der Waals surface area contributed by atoms with Gasteiger partial charge in [-0.2, -0.15) is 0 Å². The van der Waals surface area contributed by atoms with Crippen LogP contribution in [0.1, 0.15) is 20.7 Å². The first-order valence-corrected chi connectivity index (χ1v) is 9.00. The Labute approximate surface area is 160 Å². The van der Waals surface area contributed by atoms with Crippen LogP contribution in [0.3, 0.4) is 0 Å². The van der Waals surface area contributed by atoms with Crippen LogP contribution in [-0.4, -0.2) is 45.3 Å². The maximum atomic E-state index is 12.5. The molecule has 0 radical (unpaired) electrons. The van der Waals surface area contributed by atoms with Crippen molar-refractivity contribution in [2.45, 2.75) is 0 Å². The van der Waals surface area contributed by atoms with Crippen molar-refractivity contribution < 1.29 is 19.1 Å². The number of methoxy groups -OCH3 is 1. The van der Waals surface area contributed by atoms with Crippen LogP contribution >= 0.6 is 15.9 Å². The van der Waals surface area contributed by atoms with Crippen molar-refractivity contribution in [2.75, 3.05) is 43.6 Å². The molecule has 1 heterocycles. The van der Waals surface area contributed by atoms with E-state index in [-0.39, 0.29) is 5.91 Å². The van der Waals surface area contributed by atoms with Gasteiger partial charge in [-0.15, -0.1) is 0 Å². The van der Waals surface area contributed by atoms with Gasteiger partial charge in [0.1, 0.15) is 0 Å². The van der Waals surface area contributed by atoms with Crippen molar-refractivity contribution in [2.24, 2.45) is 0 Å². The highest BCUT2D eigenvalue weighted by Crippen LogP contribution is 2.25. The fraction of sp³-hybridized carbons (Fsp3) is 0.263. The minimum Gasteiger partial charge on any atom is -0.465 e. The number of halogens is 1. The fourth-order valence-corrected chi connectivity index (χ4v) is 3.00. The molecule has 0 atom stereocenters. The Balaban J connectivity index is 1.86. The van der Waals surface area contributed by atoms with Crippen LogP contribution in [-0.2, 0) is 9.47 Å². The van der Waals surface area contributed by atoms with Gasteiger partial charge in [0.15, 0.2) is 0 Å². The quantitative estimate of drug-likeness (QED) is 0.771. The van der Waals surface area contributed by atoms with Gasteiger partial charge in [0, 0.05) is 28.8 Å². The summed E-state index contributed by atoms with van der Waals surface area (Å²) >= 11 is 3.34. The largest absolute Gasteiger partial charge is 0.465 e. The van der Waals surface area contributed by atoms with Gasteiger partial charge in [0.2, 0.25) is 0 Å². The van der Waals surface area contributed by atoms with E-state index in [1.165, 1.54) is 7.11 Å². The Hall–Kier alpha value is -2.38. The van der Waals surface area contributed by atoms with Gasteiger partial charge in [-0.3, -0.25) is 4.79 Å². The summed E-state index contributed by atoms with van der Waals surface area (Å²) in [6.07, 6.45) is 0. The molecular formula is C19H19BrN2O4. The number of benzene rings is 2. The second-order valence-corrected chi connectivity index (χ2v) is 6.70. The van der Waals surface area contributed by atoms with E-state index in [9.17, 15) is 9.59 Å². The third kappa shape index (κ3) is 4.23. The highest BCUT2D eigenvalue weighted by Gasteiger charge is 2.19. The number of morpholine rings is 1. The van der Waals surface area contributed by atoms with Crippen LogP contribution in [0.2, 0.25) is 0 Å². The number of rotatable bonds is 4. The second kappa shape index (κ2) is 8.33. The molecule has 3 rings (SSSR count). The zero-order valence-corrected chi connectivity index (χ0v) is 15.9. The van der Waals surface area contributed by atoms with E-state index in [2.05, 4.69) is 26.1 Å². The number of esters is 1. The third-order valence-corrected chi connectivity index (χ3v) is 4.67. The molecule has 136 valence electrons. The van der Waals surface area contributed by atoms with Crippen LogP contribution in [0, 0.1) is 0 Å². The predicted octanol–water partition coefficient (Wildman–Crippen LogP) is 3.32. The average Bonchev–Trinajstić information content (AvgIpc) is 2.68. The lowest BCUT2D eigenvalue weighted by atomic mass is 10.1. The zero-order valence-electron chi connectivity index (χ0n) is 14.3. The van der Waals surface area contributed by atoms with Crippen molar-refractivity contribution in [1.82, 2.24) is 0 Å². The molecule has 0 spiro atoms. The van der Waals surface area contributed by atoms with Gasteiger partial charge in [0.05, 0.1) is 31.6 Å². The summed E-state index contributed by atoms with van der Waals surface area (Å²) in [5.41, 5.74) is 2.14. The van der Waals surface area contributed by atoms with Crippen LogP contribution < -0.4 is 10.2 Å². The molecule has 1 fully saturated rings. The summed E-state index contributed by atoms with van der Waals surface area (Å²) in [6, 6.07) is 12.4. The molecule has 7 heteroatoms. The normalized spacial score (nSPS) is 14.0. The molecule has 0 aromatic heterocycles. The maximum Gasteiger partial charge on any atom is 0.340 e. The van der Waals surface area contributed by atoms with Crippen molar-refractivity contribution in [1.29, 1.82) is 0 Å². The number of ether oxygens (including phenoxy) is 2. The van der Waals surface area contributed by atoms with Crippen molar-refractivity contribution >= 4 is 39.2 Å². The third-order valence-electron chi connectivity index (χ3n) is 4.14.